The number of fused-ring (bicyclic) bond motifs is 1. The molecule has 1 nitrogen and oxygen atoms in total. The maximum atomic E-state index is 4.18. The van der Waals surface area contributed by atoms with E-state index in [1.54, 1.807) is 0 Å². The maximum Gasteiger partial charge on any atom is 0.0701 e. The Hall–Kier alpha value is -1.63. The van der Waals surface area contributed by atoms with E-state index in [4.69, 9.17) is 0 Å². The van der Waals surface area contributed by atoms with Crippen molar-refractivity contribution in [3.05, 3.63) is 54.7 Å². The normalized spacial score (nSPS) is 9.86. The van der Waals surface area contributed by atoms with Gasteiger partial charge in [-0.2, -0.15) is 0 Å². The molecular weight excluding hydrogens is 170 g/mol. The predicted molar refractivity (Wildman–Crippen MR) is 62.2 cm³/mol. The third-order valence-corrected chi connectivity index (χ3v) is 1.85. The fourth-order valence-electron chi connectivity index (χ4n) is 1.02. The van der Waals surface area contributed by atoms with Crippen LogP contribution < -0.4 is 0 Å². The zero-order chi connectivity index (χ0) is 10.2. The lowest BCUT2D eigenvalue weighted by Gasteiger charge is -1.91. The van der Waals surface area contributed by atoms with Crippen LogP contribution in [0, 0.1) is 0 Å². The van der Waals surface area contributed by atoms with E-state index < -0.39 is 0 Å². The van der Waals surface area contributed by atoms with Gasteiger partial charge in [0, 0.05) is 11.6 Å². The molecule has 0 spiro atoms. The smallest absolute Gasteiger partial charge is 0.0701 e. The monoisotopic (exact) mass is 185 g/mol. The van der Waals surface area contributed by atoms with Crippen LogP contribution in [-0.2, 0) is 0 Å². The quantitative estimate of drug-likeness (QED) is 0.568. The Morgan fingerprint density at radius 3 is 2.21 bits per heavy atom. The summed E-state index contributed by atoms with van der Waals surface area (Å²) in [6, 6.07) is 12.1. The summed E-state index contributed by atoms with van der Waals surface area (Å²) in [7, 11) is 0. The van der Waals surface area contributed by atoms with Gasteiger partial charge in [-0.15, -0.1) is 0 Å². The van der Waals surface area contributed by atoms with Crippen LogP contribution in [0.5, 0.6) is 0 Å². The Kier molecular flexibility index (Phi) is 4.42. The molecule has 0 fully saturated rings. The van der Waals surface area contributed by atoms with Crippen LogP contribution in [0.2, 0.25) is 0 Å². The van der Waals surface area contributed by atoms with Crippen molar-refractivity contribution >= 4 is 10.9 Å². The summed E-state index contributed by atoms with van der Waals surface area (Å²) in [5, 5.41) is 1.20. The van der Waals surface area contributed by atoms with Gasteiger partial charge in [0.25, 0.3) is 0 Å². The molecule has 0 aliphatic carbocycles. The van der Waals surface area contributed by atoms with Crippen molar-refractivity contribution in [3.8, 4) is 0 Å². The fourth-order valence-corrected chi connectivity index (χ4v) is 1.02. The number of pyridine rings is 1. The molecule has 0 N–H and O–H groups in total. The second kappa shape index (κ2) is 5.92. The lowest BCUT2D eigenvalue weighted by molar-refractivity contribution is 1.41. The molecule has 2 aromatic rings. The maximum absolute atomic E-state index is 4.18. The molecule has 0 saturated carbocycles. The summed E-state index contributed by atoms with van der Waals surface area (Å²) in [6.45, 7) is 4.00. The van der Waals surface area contributed by atoms with Crippen molar-refractivity contribution in [1.82, 2.24) is 4.98 Å². The average Bonchev–Trinajstić information content (AvgIpc) is 2.30. The summed E-state index contributed by atoms with van der Waals surface area (Å²) in [5.74, 6) is 0. The number of rotatable bonds is 0. The number of hydrogen-bond donors (Lipinski definition) is 0. The summed E-state index contributed by atoms with van der Waals surface area (Å²) in [6.07, 6.45) is 5.81. The first-order chi connectivity index (χ1) is 6.88. The molecule has 0 aliphatic heterocycles. The second-order valence-corrected chi connectivity index (χ2v) is 2.86. The standard InChI is InChI=1S/C9H7N.C4H8/c1-2-6-9-8(4-1)5-3-7-10-9;1-3-4-2/h1-7H;3-4H,1-2H3/b;4-3+. The summed E-state index contributed by atoms with van der Waals surface area (Å²) >= 11 is 0. The predicted octanol–water partition coefficient (Wildman–Crippen LogP) is 3.82. The average molecular weight is 185 g/mol. The second-order valence-electron chi connectivity index (χ2n) is 2.86. The molecule has 1 aromatic carbocycles. The zero-order valence-electron chi connectivity index (χ0n) is 8.64. The Balaban J connectivity index is 0.000000213. The third kappa shape index (κ3) is 3.02. The lowest BCUT2D eigenvalue weighted by Crippen LogP contribution is -1.73. The highest BCUT2D eigenvalue weighted by Gasteiger charge is 1.86. The van der Waals surface area contributed by atoms with Crippen molar-refractivity contribution in [2.75, 3.05) is 0 Å². The number of allylic oxidation sites excluding steroid dienone is 2. The number of hydrogen-bond acceptors (Lipinski definition) is 1. The number of para-hydroxylation sites is 1. The molecule has 0 unspecified atom stereocenters. The molecule has 1 heteroatoms. The summed E-state index contributed by atoms with van der Waals surface area (Å²) in [5.41, 5.74) is 1.06. The highest BCUT2D eigenvalue weighted by molar-refractivity contribution is 5.77. The van der Waals surface area contributed by atoms with E-state index in [1.165, 1.54) is 5.39 Å². The van der Waals surface area contributed by atoms with Gasteiger partial charge in [0.1, 0.15) is 0 Å². The lowest BCUT2D eigenvalue weighted by atomic mass is 10.2. The van der Waals surface area contributed by atoms with Gasteiger partial charge in [0.15, 0.2) is 0 Å². The van der Waals surface area contributed by atoms with Crippen LogP contribution in [0.1, 0.15) is 13.8 Å². The minimum absolute atomic E-state index is 1.06. The highest BCUT2D eigenvalue weighted by atomic mass is 14.6. The van der Waals surface area contributed by atoms with Crippen molar-refractivity contribution in [2.24, 2.45) is 0 Å². The van der Waals surface area contributed by atoms with Gasteiger partial charge in [-0.1, -0.05) is 36.4 Å². The molecule has 14 heavy (non-hydrogen) atoms. The number of nitrogens with zero attached hydrogens (tertiary/aromatic N) is 1. The third-order valence-electron chi connectivity index (χ3n) is 1.85. The molecule has 0 radical (unpaired) electrons. The van der Waals surface area contributed by atoms with Gasteiger partial charge in [-0.25, -0.2) is 0 Å². The van der Waals surface area contributed by atoms with E-state index in [2.05, 4.69) is 17.1 Å². The van der Waals surface area contributed by atoms with Crippen molar-refractivity contribution in [2.45, 2.75) is 13.8 Å². The van der Waals surface area contributed by atoms with Crippen LogP contribution in [0.25, 0.3) is 10.9 Å². The zero-order valence-corrected chi connectivity index (χ0v) is 8.64. The molecular formula is C13H15N. The molecule has 0 saturated heterocycles. The van der Waals surface area contributed by atoms with Crippen molar-refractivity contribution in [3.63, 3.8) is 0 Å². The highest BCUT2D eigenvalue weighted by Crippen LogP contribution is 2.07. The minimum atomic E-state index is 1.06. The molecule has 0 atom stereocenters. The molecule has 0 aliphatic rings. The molecule has 2 rings (SSSR count). The van der Waals surface area contributed by atoms with Gasteiger partial charge >= 0.3 is 0 Å². The van der Waals surface area contributed by atoms with Crippen LogP contribution in [0.15, 0.2) is 54.7 Å². The molecule has 1 heterocycles. The first-order valence-electron chi connectivity index (χ1n) is 4.75. The summed E-state index contributed by atoms with van der Waals surface area (Å²) < 4.78 is 0. The van der Waals surface area contributed by atoms with Crippen molar-refractivity contribution in [1.29, 1.82) is 0 Å². The van der Waals surface area contributed by atoms with Gasteiger partial charge in [0.05, 0.1) is 5.52 Å². The van der Waals surface area contributed by atoms with E-state index in [9.17, 15) is 0 Å². The van der Waals surface area contributed by atoms with Gasteiger partial charge in [-0.05, 0) is 26.0 Å². The molecule has 0 amide bonds. The van der Waals surface area contributed by atoms with Crippen LogP contribution in [-0.4, -0.2) is 4.98 Å². The first-order valence-corrected chi connectivity index (χ1v) is 4.75. The van der Waals surface area contributed by atoms with E-state index in [0.29, 0.717) is 0 Å². The molecule has 0 bridgehead atoms. The van der Waals surface area contributed by atoms with E-state index in [-0.39, 0.29) is 0 Å². The minimum Gasteiger partial charge on any atom is -0.256 e. The van der Waals surface area contributed by atoms with Crippen molar-refractivity contribution < 1.29 is 0 Å². The number of aromatic nitrogens is 1. The first kappa shape index (κ1) is 10.5. The fraction of sp³-hybridized carbons (Fsp3) is 0.154. The van der Waals surface area contributed by atoms with E-state index >= 15 is 0 Å². The van der Waals surface area contributed by atoms with Crippen LogP contribution >= 0.6 is 0 Å². The molecule has 1 aromatic heterocycles. The Morgan fingerprint density at radius 1 is 0.929 bits per heavy atom. The largest absolute Gasteiger partial charge is 0.256 e. The van der Waals surface area contributed by atoms with E-state index in [1.807, 2.05) is 56.5 Å². The van der Waals surface area contributed by atoms with Gasteiger partial charge in [-0.3, -0.25) is 4.98 Å². The number of benzene rings is 1. The molecule has 72 valence electrons. The topological polar surface area (TPSA) is 12.9 Å². The van der Waals surface area contributed by atoms with Gasteiger partial charge in [0.2, 0.25) is 0 Å². The Labute approximate surface area is 85.1 Å². The SMILES string of the molecule is C/C=C/C.c1ccc2ncccc2c1. The Morgan fingerprint density at radius 2 is 1.57 bits per heavy atom. The van der Waals surface area contributed by atoms with Crippen LogP contribution in [0.3, 0.4) is 0 Å². The van der Waals surface area contributed by atoms with E-state index in [0.717, 1.165) is 5.52 Å². The van der Waals surface area contributed by atoms with Crippen LogP contribution in [0.4, 0.5) is 0 Å². The Bertz CT molecular complexity index is 335. The van der Waals surface area contributed by atoms with Gasteiger partial charge < -0.3 is 0 Å². The summed E-state index contributed by atoms with van der Waals surface area (Å²) in [4.78, 5) is 4.18.